The van der Waals surface area contributed by atoms with Crippen molar-refractivity contribution in [3.8, 4) is 0 Å². The molecule has 60 heavy (non-hydrogen) atoms. The molecule has 3 saturated carbocycles. The van der Waals surface area contributed by atoms with Crippen LogP contribution in [0.1, 0.15) is 126 Å². The first kappa shape index (κ1) is 39.7. The van der Waals surface area contributed by atoms with E-state index in [2.05, 4.69) is 48.4 Å². The van der Waals surface area contributed by atoms with Crippen LogP contribution in [0.3, 0.4) is 0 Å². The number of anilines is 3. The maximum absolute atomic E-state index is 14.2. The van der Waals surface area contributed by atoms with Crippen LogP contribution in [0, 0.1) is 11.8 Å². The number of hydrogen-bond donors (Lipinski definition) is 4. The number of nitrogens with one attached hydrogen (secondary N) is 4. The topological polar surface area (TPSA) is 188 Å². The third-order valence-corrected chi connectivity index (χ3v) is 13.0. The molecule has 1 saturated heterocycles. The van der Waals surface area contributed by atoms with Gasteiger partial charge in [0.25, 0.3) is 24.1 Å². The highest BCUT2D eigenvalue weighted by molar-refractivity contribution is 6.25. The Morgan fingerprint density at radius 3 is 2.43 bits per heavy atom. The Bertz CT molecular complexity index is 2330. The monoisotopic (exact) mass is 825 g/mol. The van der Waals surface area contributed by atoms with Crippen LogP contribution in [0.5, 0.6) is 0 Å². The second kappa shape index (κ2) is 16.3. The minimum Gasteiger partial charge on any atom is -0.382 e. The number of benzene rings is 1. The summed E-state index contributed by atoms with van der Waals surface area (Å²) < 4.78 is 31.6. The van der Waals surface area contributed by atoms with Crippen molar-refractivity contribution in [3.05, 3.63) is 65.2 Å². The smallest absolute Gasteiger partial charge is 0.284 e. The Morgan fingerprint density at radius 2 is 1.70 bits per heavy atom. The number of aromatic nitrogens is 5. The third kappa shape index (κ3) is 7.96. The molecule has 4 fully saturated rings. The molecular formula is C42H49F2N11O5. The zero-order valence-corrected chi connectivity index (χ0v) is 33.4. The molecule has 1 aromatic carbocycles. The molecule has 9 rings (SSSR count). The number of halogens is 2. The summed E-state index contributed by atoms with van der Waals surface area (Å²) in [6, 6.07) is 6.34. The Hall–Kier alpha value is -5.78. The van der Waals surface area contributed by atoms with Gasteiger partial charge in [-0.2, -0.15) is 10.2 Å². The molecule has 4 aromatic rings. The fourth-order valence-corrected chi connectivity index (χ4v) is 9.40. The fraction of sp³-hybridized carbons (Fsp3) is 0.524. The van der Waals surface area contributed by atoms with E-state index in [1.807, 2.05) is 0 Å². The van der Waals surface area contributed by atoms with Crippen molar-refractivity contribution >= 4 is 52.4 Å². The van der Waals surface area contributed by atoms with E-state index in [-0.39, 0.29) is 47.3 Å². The quantitative estimate of drug-likeness (QED) is 0.126. The molecule has 5 aliphatic rings. The number of amides is 5. The van der Waals surface area contributed by atoms with E-state index in [4.69, 9.17) is 0 Å². The average molecular weight is 826 g/mol. The van der Waals surface area contributed by atoms with Gasteiger partial charge in [0, 0.05) is 49.7 Å². The lowest BCUT2D eigenvalue weighted by Gasteiger charge is -2.38. The Labute approximate surface area is 344 Å². The van der Waals surface area contributed by atoms with E-state index in [0.29, 0.717) is 35.0 Å². The van der Waals surface area contributed by atoms with Crippen LogP contribution in [0.15, 0.2) is 42.9 Å². The second-order valence-corrected chi connectivity index (χ2v) is 17.1. The Morgan fingerprint density at radius 1 is 0.933 bits per heavy atom. The molecule has 2 aliphatic heterocycles. The van der Waals surface area contributed by atoms with Crippen molar-refractivity contribution in [1.82, 2.24) is 39.5 Å². The van der Waals surface area contributed by atoms with E-state index < -0.39 is 47.7 Å². The second-order valence-electron chi connectivity index (χ2n) is 17.1. The number of hydrogen-bond acceptors (Lipinski definition) is 11. The highest BCUT2D eigenvalue weighted by atomic mass is 19.3. The van der Waals surface area contributed by atoms with Gasteiger partial charge in [-0.05, 0) is 108 Å². The molecule has 316 valence electrons. The summed E-state index contributed by atoms with van der Waals surface area (Å²) in [4.78, 5) is 72.4. The predicted molar refractivity (Wildman–Crippen MR) is 216 cm³/mol. The summed E-state index contributed by atoms with van der Waals surface area (Å²) in [7, 11) is 2.16. The van der Waals surface area contributed by atoms with Gasteiger partial charge in [-0.1, -0.05) is 6.07 Å². The average Bonchev–Trinajstić information content (AvgIpc) is 3.73. The Kier molecular flexibility index (Phi) is 10.8. The third-order valence-electron chi connectivity index (χ3n) is 13.0. The minimum absolute atomic E-state index is 0.0183. The van der Waals surface area contributed by atoms with Gasteiger partial charge in [0.2, 0.25) is 11.8 Å². The number of carbonyl (C=O) groups excluding carboxylic acids is 5. The van der Waals surface area contributed by atoms with Gasteiger partial charge in [-0.3, -0.25) is 38.9 Å². The van der Waals surface area contributed by atoms with E-state index in [1.165, 1.54) is 29.8 Å². The van der Waals surface area contributed by atoms with E-state index in [9.17, 15) is 32.8 Å². The van der Waals surface area contributed by atoms with Gasteiger partial charge in [0.1, 0.15) is 17.4 Å². The van der Waals surface area contributed by atoms with Crippen molar-refractivity contribution < 1.29 is 32.8 Å². The number of imide groups is 2. The van der Waals surface area contributed by atoms with Crippen molar-refractivity contribution in [2.24, 2.45) is 11.8 Å². The van der Waals surface area contributed by atoms with Crippen LogP contribution >= 0.6 is 0 Å². The summed E-state index contributed by atoms with van der Waals surface area (Å²) in [5.74, 6) is -0.956. The molecule has 0 spiro atoms. The first-order valence-electron chi connectivity index (χ1n) is 21.1. The summed E-state index contributed by atoms with van der Waals surface area (Å²) >= 11 is 0. The lowest BCUT2D eigenvalue weighted by Crippen LogP contribution is -2.54. The molecule has 5 heterocycles. The van der Waals surface area contributed by atoms with Gasteiger partial charge in [0.05, 0.1) is 29.1 Å². The largest absolute Gasteiger partial charge is 0.382 e. The summed E-state index contributed by atoms with van der Waals surface area (Å²) in [6.07, 6.45) is 11.4. The van der Waals surface area contributed by atoms with E-state index in [0.717, 1.165) is 69.4 Å². The molecule has 0 radical (unpaired) electrons. The SMILES string of the molecule is CN(CC1CCC(n2cc(NC(=O)c3cnn4ccc(NCC5CC5)nc34)c(C(F)F)n2)CC1)C1CCC(Nc2cccc3c2C(=O)N(C2CCC(=O)NC2=O)C3=O)CC1. The number of piperidine rings is 1. The van der Waals surface area contributed by atoms with Gasteiger partial charge >= 0.3 is 0 Å². The molecule has 5 amide bonds. The van der Waals surface area contributed by atoms with Crippen LogP contribution in [0.4, 0.5) is 26.0 Å². The van der Waals surface area contributed by atoms with Crippen molar-refractivity contribution in [3.63, 3.8) is 0 Å². The normalized spacial score (nSPS) is 24.6. The lowest BCUT2D eigenvalue weighted by molar-refractivity contribution is -0.136. The molecule has 16 nitrogen and oxygen atoms in total. The highest BCUT2D eigenvalue weighted by Gasteiger charge is 2.46. The van der Waals surface area contributed by atoms with Crippen molar-refractivity contribution in [1.29, 1.82) is 0 Å². The molecular weight excluding hydrogens is 777 g/mol. The zero-order valence-electron chi connectivity index (χ0n) is 33.4. The molecule has 1 unspecified atom stereocenters. The molecule has 3 aromatic heterocycles. The van der Waals surface area contributed by atoms with Gasteiger partial charge in [-0.15, -0.1) is 0 Å². The van der Waals surface area contributed by atoms with E-state index >= 15 is 0 Å². The maximum atomic E-state index is 14.2. The zero-order chi connectivity index (χ0) is 41.7. The number of fused-ring (bicyclic) bond motifs is 2. The van der Waals surface area contributed by atoms with E-state index in [1.54, 1.807) is 35.1 Å². The number of alkyl halides is 2. The molecule has 18 heteroatoms. The summed E-state index contributed by atoms with van der Waals surface area (Å²) in [5, 5.41) is 20.2. The van der Waals surface area contributed by atoms with Crippen LogP contribution in [-0.4, -0.2) is 102 Å². The highest BCUT2D eigenvalue weighted by Crippen LogP contribution is 2.38. The molecule has 0 bridgehead atoms. The van der Waals surface area contributed by atoms with Crippen LogP contribution < -0.4 is 21.3 Å². The minimum atomic E-state index is -2.87. The van der Waals surface area contributed by atoms with Crippen molar-refractivity contribution in [2.45, 2.75) is 108 Å². The van der Waals surface area contributed by atoms with Gasteiger partial charge < -0.3 is 20.9 Å². The number of carbonyl (C=O) groups is 5. The summed E-state index contributed by atoms with van der Waals surface area (Å²) in [5.41, 5.74) is 1.15. The van der Waals surface area contributed by atoms with Crippen LogP contribution in [0.25, 0.3) is 5.65 Å². The first-order valence-corrected chi connectivity index (χ1v) is 21.1. The number of rotatable bonds is 13. The van der Waals surface area contributed by atoms with Gasteiger partial charge in [0.15, 0.2) is 11.3 Å². The predicted octanol–water partition coefficient (Wildman–Crippen LogP) is 5.43. The molecule has 1 atom stereocenters. The fourth-order valence-electron chi connectivity index (χ4n) is 9.40. The molecule has 4 N–H and O–H groups in total. The maximum Gasteiger partial charge on any atom is 0.284 e. The van der Waals surface area contributed by atoms with Gasteiger partial charge in [-0.25, -0.2) is 18.3 Å². The molecule has 3 aliphatic carbocycles. The van der Waals surface area contributed by atoms with Crippen LogP contribution in [0.2, 0.25) is 0 Å². The standard InChI is InChI=1S/C42H49F2N11O5/c1-52(26-13-9-25(10-14-26)47-30-4-2-3-28-35(30)42(60)55(41(28)59)32-15-16-34(56)50-40(32)58)21-24-7-11-27(12-8-24)54-22-31(36(51-54)37(43)44)48-39(57)29-20-46-53-18-17-33(49-38(29)53)45-19-23-5-6-23/h2-4,17-18,20,22-27,32,37,47H,5-16,19,21H2,1H3,(H,45,49)(H,48,57)(H,50,56,58). The van der Waals surface area contributed by atoms with Crippen LogP contribution in [-0.2, 0) is 9.59 Å². The number of nitrogens with zero attached hydrogens (tertiary/aromatic N) is 7. The van der Waals surface area contributed by atoms with Crippen molar-refractivity contribution in [2.75, 3.05) is 36.1 Å². The Balaban J connectivity index is 0.761. The lowest BCUT2D eigenvalue weighted by atomic mass is 9.84. The first-order chi connectivity index (χ1) is 29.0. The summed E-state index contributed by atoms with van der Waals surface area (Å²) in [6.45, 7) is 1.73.